The Balaban J connectivity index is 2.07. The van der Waals surface area contributed by atoms with E-state index in [4.69, 9.17) is 10.5 Å². The van der Waals surface area contributed by atoms with Gasteiger partial charge in [-0.3, -0.25) is 9.59 Å². The van der Waals surface area contributed by atoms with Crippen molar-refractivity contribution in [3.05, 3.63) is 29.8 Å². The van der Waals surface area contributed by atoms with Crippen LogP contribution in [0.3, 0.4) is 0 Å². The Bertz CT molecular complexity index is 615. The Morgan fingerprint density at radius 2 is 1.96 bits per heavy atom. The Kier molecular flexibility index (Phi) is 7.03. The molecule has 0 saturated carbocycles. The number of likely N-dealkylation sites (tertiary alicyclic amines) is 1. The fourth-order valence-electron chi connectivity index (χ4n) is 3.41. The van der Waals surface area contributed by atoms with Crippen LogP contribution in [-0.2, 0) is 4.79 Å². The number of hydrogen-bond donors (Lipinski definition) is 2. The summed E-state index contributed by atoms with van der Waals surface area (Å²) < 4.78 is 5.40. The first-order valence-corrected chi connectivity index (χ1v) is 9.41. The number of nitrogens with two attached hydrogens (primary N) is 1. The quantitative estimate of drug-likeness (QED) is 0.778. The molecule has 1 aromatic rings. The standard InChI is InChI=1S/C20H31N3O3/c1-5-26-17-8-6-16(7-9-17)19(24)22-18(13(2)3)20(25)23-12-15(11-21)10-14(23)4/h6-9,13-15,18H,5,10-12,21H2,1-4H3,(H,22,24). The number of nitrogens with one attached hydrogen (secondary N) is 1. The SMILES string of the molecule is CCOc1ccc(C(=O)NC(C(=O)N2CC(CN)CC2C)C(C)C)cc1. The molecule has 0 spiro atoms. The summed E-state index contributed by atoms with van der Waals surface area (Å²) in [7, 11) is 0. The van der Waals surface area contributed by atoms with Crippen LogP contribution in [0.15, 0.2) is 24.3 Å². The summed E-state index contributed by atoms with van der Waals surface area (Å²) in [6.45, 7) is 9.67. The van der Waals surface area contributed by atoms with Crippen molar-refractivity contribution in [1.82, 2.24) is 10.2 Å². The first kappa shape index (κ1) is 20.2. The molecule has 1 aromatic carbocycles. The van der Waals surface area contributed by atoms with Gasteiger partial charge in [-0.05, 0) is 62.9 Å². The molecule has 0 aromatic heterocycles. The van der Waals surface area contributed by atoms with E-state index in [0.717, 1.165) is 12.2 Å². The smallest absolute Gasteiger partial charge is 0.251 e. The van der Waals surface area contributed by atoms with Gasteiger partial charge in [-0.1, -0.05) is 13.8 Å². The third kappa shape index (κ3) is 4.75. The van der Waals surface area contributed by atoms with Crippen LogP contribution in [0, 0.1) is 11.8 Å². The van der Waals surface area contributed by atoms with Crippen LogP contribution in [0.4, 0.5) is 0 Å². The second-order valence-corrected chi connectivity index (χ2v) is 7.33. The van der Waals surface area contributed by atoms with E-state index in [2.05, 4.69) is 5.32 Å². The highest BCUT2D eigenvalue weighted by atomic mass is 16.5. The summed E-state index contributed by atoms with van der Waals surface area (Å²) in [4.78, 5) is 27.5. The van der Waals surface area contributed by atoms with E-state index in [0.29, 0.717) is 31.2 Å². The molecule has 6 heteroatoms. The molecule has 1 aliphatic heterocycles. The highest BCUT2D eigenvalue weighted by Gasteiger charge is 2.36. The van der Waals surface area contributed by atoms with E-state index < -0.39 is 6.04 Å². The molecule has 2 amide bonds. The zero-order valence-electron chi connectivity index (χ0n) is 16.2. The molecular formula is C20H31N3O3. The number of ether oxygens (including phenoxy) is 1. The minimum absolute atomic E-state index is 0.00160. The summed E-state index contributed by atoms with van der Waals surface area (Å²) in [6.07, 6.45) is 0.917. The number of hydrogen-bond acceptors (Lipinski definition) is 4. The molecule has 3 N–H and O–H groups in total. The molecule has 1 fully saturated rings. The molecule has 144 valence electrons. The predicted molar refractivity (Wildman–Crippen MR) is 102 cm³/mol. The second kappa shape index (κ2) is 9.03. The lowest BCUT2D eigenvalue weighted by Gasteiger charge is -2.29. The normalized spacial score (nSPS) is 20.9. The maximum absolute atomic E-state index is 13.0. The fraction of sp³-hybridized carbons (Fsp3) is 0.600. The van der Waals surface area contributed by atoms with Crippen LogP contribution >= 0.6 is 0 Å². The lowest BCUT2D eigenvalue weighted by Crippen LogP contribution is -2.52. The number of carbonyl (C=O) groups is 2. The molecule has 1 aliphatic rings. The van der Waals surface area contributed by atoms with Gasteiger partial charge in [0.25, 0.3) is 5.91 Å². The van der Waals surface area contributed by atoms with E-state index in [1.165, 1.54) is 0 Å². The largest absolute Gasteiger partial charge is 0.494 e. The van der Waals surface area contributed by atoms with Crippen molar-refractivity contribution in [2.75, 3.05) is 19.7 Å². The van der Waals surface area contributed by atoms with Crippen LogP contribution < -0.4 is 15.8 Å². The fourth-order valence-corrected chi connectivity index (χ4v) is 3.41. The van der Waals surface area contributed by atoms with E-state index in [1.807, 2.05) is 32.6 Å². The van der Waals surface area contributed by atoms with E-state index in [-0.39, 0.29) is 23.8 Å². The number of nitrogens with zero attached hydrogens (tertiary/aromatic N) is 1. The molecule has 1 heterocycles. The number of carbonyl (C=O) groups excluding carboxylic acids is 2. The van der Waals surface area contributed by atoms with Crippen molar-refractivity contribution >= 4 is 11.8 Å². The van der Waals surface area contributed by atoms with Crippen molar-refractivity contribution in [2.45, 2.75) is 46.2 Å². The van der Waals surface area contributed by atoms with Gasteiger partial charge in [-0.25, -0.2) is 0 Å². The van der Waals surface area contributed by atoms with Gasteiger partial charge in [0.05, 0.1) is 6.61 Å². The first-order valence-electron chi connectivity index (χ1n) is 9.41. The van der Waals surface area contributed by atoms with Gasteiger partial charge < -0.3 is 20.7 Å². The van der Waals surface area contributed by atoms with Crippen molar-refractivity contribution < 1.29 is 14.3 Å². The van der Waals surface area contributed by atoms with Gasteiger partial charge in [0.2, 0.25) is 5.91 Å². The van der Waals surface area contributed by atoms with Gasteiger partial charge in [0.1, 0.15) is 11.8 Å². The third-order valence-corrected chi connectivity index (χ3v) is 4.92. The lowest BCUT2D eigenvalue weighted by atomic mass is 10.0. The minimum Gasteiger partial charge on any atom is -0.494 e. The second-order valence-electron chi connectivity index (χ2n) is 7.33. The van der Waals surface area contributed by atoms with Crippen LogP contribution in [-0.4, -0.2) is 48.5 Å². The van der Waals surface area contributed by atoms with Gasteiger partial charge in [0, 0.05) is 18.2 Å². The van der Waals surface area contributed by atoms with Crippen LogP contribution in [0.1, 0.15) is 44.5 Å². The summed E-state index contributed by atoms with van der Waals surface area (Å²) in [5.41, 5.74) is 6.28. The van der Waals surface area contributed by atoms with Crippen LogP contribution in [0.2, 0.25) is 0 Å². The predicted octanol–water partition coefficient (Wildman–Crippen LogP) is 2.04. The van der Waals surface area contributed by atoms with Crippen molar-refractivity contribution in [2.24, 2.45) is 17.6 Å². The monoisotopic (exact) mass is 361 g/mol. The van der Waals surface area contributed by atoms with Crippen molar-refractivity contribution in [3.8, 4) is 5.75 Å². The Hall–Kier alpha value is -2.08. The number of amides is 2. The zero-order valence-corrected chi connectivity index (χ0v) is 16.2. The highest BCUT2D eigenvalue weighted by Crippen LogP contribution is 2.24. The van der Waals surface area contributed by atoms with Crippen molar-refractivity contribution in [3.63, 3.8) is 0 Å². The summed E-state index contributed by atoms with van der Waals surface area (Å²) in [5.74, 6) is 0.783. The summed E-state index contributed by atoms with van der Waals surface area (Å²) in [5, 5.41) is 2.91. The van der Waals surface area contributed by atoms with E-state index >= 15 is 0 Å². The minimum atomic E-state index is -0.548. The van der Waals surface area contributed by atoms with Crippen molar-refractivity contribution in [1.29, 1.82) is 0 Å². The summed E-state index contributed by atoms with van der Waals surface area (Å²) >= 11 is 0. The average molecular weight is 361 g/mol. The molecular weight excluding hydrogens is 330 g/mol. The highest BCUT2D eigenvalue weighted by molar-refractivity contribution is 5.97. The Morgan fingerprint density at radius 1 is 1.31 bits per heavy atom. The van der Waals surface area contributed by atoms with Gasteiger partial charge in [-0.15, -0.1) is 0 Å². The molecule has 6 nitrogen and oxygen atoms in total. The van der Waals surface area contributed by atoms with Gasteiger partial charge in [-0.2, -0.15) is 0 Å². The van der Waals surface area contributed by atoms with Gasteiger partial charge in [0.15, 0.2) is 0 Å². The van der Waals surface area contributed by atoms with E-state index in [9.17, 15) is 9.59 Å². The molecule has 0 aliphatic carbocycles. The number of benzene rings is 1. The third-order valence-electron chi connectivity index (χ3n) is 4.92. The van der Waals surface area contributed by atoms with Crippen LogP contribution in [0.5, 0.6) is 5.75 Å². The molecule has 0 radical (unpaired) electrons. The molecule has 0 bridgehead atoms. The van der Waals surface area contributed by atoms with E-state index in [1.54, 1.807) is 24.3 Å². The zero-order chi connectivity index (χ0) is 19.3. The maximum Gasteiger partial charge on any atom is 0.251 e. The molecule has 3 atom stereocenters. The first-order chi connectivity index (χ1) is 12.4. The summed E-state index contributed by atoms with van der Waals surface area (Å²) in [6, 6.07) is 6.56. The lowest BCUT2D eigenvalue weighted by molar-refractivity contribution is -0.135. The molecule has 2 rings (SSSR count). The maximum atomic E-state index is 13.0. The van der Waals surface area contributed by atoms with Crippen LogP contribution in [0.25, 0.3) is 0 Å². The molecule has 3 unspecified atom stereocenters. The number of rotatable bonds is 7. The Labute approximate surface area is 156 Å². The molecule has 1 saturated heterocycles. The van der Waals surface area contributed by atoms with Gasteiger partial charge >= 0.3 is 0 Å². The molecule has 26 heavy (non-hydrogen) atoms. The average Bonchev–Trinajstić information content (AvgIpc) is 3.00. The topological polar surface area (TPSA) is 84.7 Å². The Morgan fingerprint density at radius 3 is 2.46 bits per heavy atom.